The van der Waals surface area contributed by atoms with E-state index in [4.69, 9.17) is 0 Å². The summed E-state index contributed by atoms with van der Waals surface area (Å²) in [6.07, 6.45) is -3.05. The number of aromatic nitrogens is 2. The van der Waals surface area contributed by atoms with Gasteiger partial charge in [0.1, 0.15) is 11.5 Å². The summed E-state index contributed by atoms with van der Waals surface area (Å²) < 4.78 is 37.9. The molecule has 3 aromatic rings. The average molecular weight is 332 g/mol. The van der Waals surface area contributed by atoms with Crippen LogP contribution in [0.25, 0.3) is 10.9 Å². The minimum atomic E-state index is -4.57. The second-order valence-electron chi connectivity index (χ2n) is 4.86. The highest BCUT2D eigenvalue weighted by molar-refractivity contribution is 6.05. The van der Waals surface area contributed by atoms with Crippen LogP contribution in [0.2, 0.25) is 0 Å². The Balaban J connectivity index is 1.78. The molecule has 0 fully saturated rings. The fourth-order valence-corrected chi connectivity index (χ4v) is 2.14. The summed E-state index contributed by atoms with van der Waals surface area (Å²) in [7, 11) is 0. The first-order valence-corrected chi connectivity index (χ1v) is 6.89. The lowest BCUT2D eigenvalue weighted by Gasteiger charge is -2.11. The van der Waals surface area contributed by atoms with Gasteiger partial charge < -0.3 is 5.32 Å². The molecule has 0 unspecified atom stereocenters. The average Bonchev–Trinajstić information content (AvgIpc) is 2.54. The van der Waals surface area contributed by atoms with E-state index in [1.54, 1.807) is 24.3 Å². The molecule has 0 aliphatic rings. The molecule has 122 valence electrons. The Bertz CT molecular complexity index is 890. The minimum absolute atomic E-state index is 0.194. The molecule has 0 aliphatic carbocycles. The first kappa shape index (κ1) is 15.7. The van der Waals surface area contributed by atoms with Gasteiger partial charge in [0.05, 0.1) is 11.2 Å². The molecule has 1 aromatic carbocycles. The first-order valence-electron chi connectivity index (χ1n) is 6.89. The lowest BCUT2D eigenvalue weighted by atomic mass is 10.2. The predicted molar refractivity (Wildman–Crippen MR) is 83.6 cm³/mol. The molecule has 0 atom stereocenters. The first-order chi connectivity index (χ1) is 11.4. The summed E-state index contributed by atoms with van der Waals surface area (Å²) in [4.78, 5) is 19.6. The van der Waals surface area contributed by atoms with Gasteiger partial charge in [0.25, 0.3) is 0 Å². The van der Waals surface area contributed by atoms with Gasteiger partial charge in [-0.25, -0.2) is 9.78 Å². The number of hydrogen-bond acceptors (Lipinski definition) is 3. The van der Waals surface area contributed by atoms with Crippen LogP contribution in [-0.2, 0) is 6.18 Å². The van der Waals surface area contributed by atoms with Crippen molar-refractivity contribution < 1.29 is 18.0 Å². The summed E-state index contributed by atoms with van der Waals surface area (Å²) in [6.45, 7) is 0. The molecule has 8 heteroatoms. The molecule has 24 heavy (non-hydrogen) atoms. The van der Waals surface area contributed by atoms with E-state index >= 15 is 0 Å². The highest BCUT2D eigenvalue weighted by Crippen LogP contribution is 2.28. The van der Waals surface area contributed by atoms with Gasteiger partial charge >= 0.3 is 12.2 Å². The number of fused-ring (bicyclic) bond motifs is 1. The third kappa shape index (κ3) is 3.43. The molecule has 0 saturated carbocycles. The monoisotopic (exact) mass is 332 g/mol. The van der Waals surface area contributed by atoms with Crippen molar-refractivity contribution >= 4 is 28.4 Å². The van der Waals surface area contributed by atoms with Gasteiger partial charge in [-0.05, 0) is 24.3 Å². The third-order valence-electron chi connectivity index (χ3n) is 3.18. The Morgan fingerprint density at radius 1 is 0.958 bits per heavy atom. The number of carbonyl (C=O) groups excluding carboxylic acids is 1. The number of nitrogens with zero attached hydrogens (tertiary/aromatic N) is 2. The van der Waals surface area contributed by atoms with Crippen molar-refractivity contribution in [2.45, 2.75) is 6.18 Å². The molecule has 2 heterocycles. The van der Waals surface area contributed by atoms with Crippen LogP contribution in [0.15, 0.2) is 54.7 Å². The molecule has 0 bridgehead atoms. The Hall–Kier alpha value is -3.16. The lowest BCUT2D eigenvalue weighted by molar-refractivity contribution is -0.141. The van der Waals surface area contributed by atoms with Crippen LogP contribution >= 0.6 is 0 Å². The van der Waals surface area contributed by atoms with E-state index in [1.807, 2.05) is 6.07 Å². The van der Waals surface area contributed by atoms with Crippen LogP contribution in [-0.4, -0.2) is 16.0 Å². The van der Waals surface area contributed by atoms with Crippen molar-refractivity contribution in [3.8, 4) is 0 Å². The lowest BCUT2D eigenvalue weighted by Crippen LogP contribution is -2.21. The van der Waals surface area contributed by atoms with Gasteiger partial charge in [-0.2, -0.15) is 13.2 Å². The van der Waals surface area contributed by atoms with E-state index in [9.17, 15) is 18.0 Å². The van der Waals surface area contributed by atoms with E-state index in [0.717, 1.165) is 6.07 Å². The molecular weight excluding hydrogens is 321 g/mol. The van der Waals surface area contributed by atoms with E-state index in [1.165, 1.54) is 18.3 Å². The normalized spacial score (nSPS) is 11.3. The van der Waals surface area contributed by atoms with Crippen LogP contribution in [0.5, 0.6) is 0 Å². The van der Waals surface area contributed by atoms with E-state index < -0.39 is 17.9 Å². The van der Waals surface area contributed by atoms with Gasteiger partial charge in [0.15, 0.2) is 0 Å². The van der Waals surface area contributed by atoms with Crippen molar-refractivity contribution in [1.29, 1.82) is 0 Å². The van der Waals surface area contributed by atoms with Gasteiger partial charge in [-0.1, -0.05) is 24.3 Å². The summed E-state index contributed by atoms with van der Waals surface area (Å²) in [5.74, 6) is -0.194. The standard InChI is InChI=1S/C16H11F3N4O/c17-16(18,19)13-6-3-7-14(22-13)23-15(24)21-12-8-9-20-11-5-2-1-4-10(11)12/h1-9H,(H2,20,21,22,23,24). The number of amides is 2. The second-order valence-corrected chi connectivity index (χ2v) is 4.86. The number of halogens is 3. The smallest absolute Gasteiger partial charge is 0.307 e. The third-order valence-corrected chi connectivity index (χ3v) is 3.18. The molecule has 0 spiro atoms. The Labute approximate surface area is 134 Å². The van der Waals surface area contributed by atoms with Gasteiger partial charge in [0.2, 0.25) is 0 Å². The number of alkyl halides is 3. The summed E-state index contributed by atoms with van der Waals surface area (Å²) in [5, 5.41) is 5.58. The molecule has 2 aromatic heterocycles. The number of benzene rings is 1. The topological polar surface area (TPSA) is 66.9 Å². The van der Waals surface area contributed by atoms with E-state index in [2.05, 4.69) is 20.6 Å². The van der Waals surface area contributed by atoms with E-state index in [-0.39, 0.29) is 5.82 Å². The molecule has 0 aliphatic heterocycles. The number of pyridine rings is 2. The fourth-order valence-electron chi connectivity index (χ4n) is 2.14. The minimum Gasteiger partial charge on any atom is -0.307 e. The van der Waals surface area contributed by atoms with Gasteiger partial charge in [0, 0.05) is 11.6 Å². The zero-order valence-electron chi connectivity index (χ0n) is 12.1. The van der Waals surface area contributed by atoms with Crippen molar-refractivity contribution in [3.05, 3.63) is 60.4 Å². The van der Waals surface area contributed by atoms with Crippen LogP contribution < -0.4 is 10.6 Å². The fraction of sp³-hybridized carbons (Fsp3) is 0.0625. The number of para-hydroxylation sites is 1. The largest absolute Gasteiger partial charge is 0.433 e. The maximum atomic E-state index is 12.6. The van der Waals surface area contributed by atoms with Crippen molar-refractivity contribution in [1.82, 2.24) is 9.97 Å². The Morgan fingerprint density at radius 2 is 1.75 bits per heavy atom. The van der Waals surface area contributed by atoms with Crippen molar-refractivity contribution in [2.24, 2.45) is 0 Å². The quantitative estimate of drug-likeness (QED) is 0.735. The number of anilines is 2. The zero-order valence-corrected chi connectivity index (χ0v) is 12.1. The van der Waals surface area contributed by atoms with Crippen LogP contribution in [0.1, 0.15) is 5.69 Å². The molecule has 2 amide bonds. The summed E-state index contributed by atoms with van der Waals surface area (Å²) >= 11 is 0. The van der Waals surface area contributed by atoms with Crippen molar-refractivity contribution in [2.75, 3.05) is 10.6 Å². The maximum Gasteiger partial charge on any atom is 0.433 e. The zero-order chi connectivity index (χ0) is 17.2. The molecule has 0 radical (unpaired) electrons. The van der Waals surface area contributed by atoms with Gasteiger partial charge in [-0.15, -0.1) is 0 Å². The molecule has 0 saturated heterocycles. The predicted octanol–water partition coefficient (Wildman–Crippen LogP) is 4.29. The van der Waals surface area contributed by atoms with Gasteiger partial charge in [-0.3, -0.25) is 10.3 Å². The molecule has 2 N–H and O–H groups in total. The molecular formula is C16H11F3N4O. The summed E-state index contributed by atoms with van der Waals surface area (Å²) in [6, 6.07) is 11.4. The van der Waals surface area contributed by atoms with Crippen LogP contribution in [0.3, 0.4) is 0 Å². The number of nitrogens with one attached hydrogen (secondary N) is 2. The second kappa shape index (κ2) is 6.15. The Morgan fingerprint density at radius 3 is 2.54 bits per heavy atom. The highest BCUT2D eigenvalue weighted by atomic mass is 19.4. The number of carbonyl (C=O) groups is 1. The number of hydrogen-bond donors (Lipinski definition) is 2. The molecule has 5 nitrogen and oxygen atoms in total. The Kier molecular flexibility index (Phi) is 4.03. The maximum absolute atomic E-state index is 12.6. The highest BCUT2D eigenvalue weighted by Gasteiger charge is 2.32. The number of urea groups is 1. The van der Waals surface area contributed by atoms with Crippen LogP contribution in [0.4, 0.5) is 29.5 Å². The SMILES string of the molecule is O=C(Nc1cccc(C(F)(F)F)n1)Nc1ccnc2ccccc12. The van der Waals surface area contributed by atoms with Crippen molar-refractivity contribution in [3.63, 3.8) is 0 Å². The van der Waals surface area contributed by atoms with E-state index in [0.29, 0.717) is 16.6 Å². The molecule has 3 rings (SSSR count). The summed E-state index contributed by atoms with van der Waals surface area (Å²) in [5.41, 5.74) is 0.104. The number of rotatable bonds is 2. The van der Waals surface area contributed by atoms with Crippen LogP contribution in [0, 0.1) is 0 Å².